The van der Waals surface area contributed by atoms with Crippen LogP contribution in [0.3, 0.4) is 0 Å². The summed E-state index contributed by atoms with van der Waals surface area (Å²) in [5, 5.41) is 19.0. The highest BCUT2D eigenvalue weighted by Gasteiger charge is 2.38. The van der Waals surface area contributed by atoms with Crippen molar-refractivity contribution in [2.45, 2.75) is 44.7 Å². The number of nitrogens with zero attached hydrogens (tertiary/aromatic N) is 3. The van der Waals surface area contributed by atoms with Gasteiger partial charge in [0.1, 0.15) is 17.5 Å². The molecule has 4 atom stereocenters. The van der Waals surface area contributed by atoms with Crippen molar-refractivity contribution in [1.82, 2.24) is 25.8 Å². The third kappa shape index (κ3) is 4.69. The number of rotatable bonds is 5. The molecule has 0 saturated carbocycles. The summed E-state index contributed by atoms with van der Waals surface area (Å²) in [6.45, 7) is 5.81. The molecule has 8 heteroatoms. The largest absolute Gasteiger partial charge is 0.354 e. The molecule has 1 aromatic heterocycles. The van der Waals surface area contributed by atoms with E-state index in [1.165, 1.54) is 0 Å². The number of hydrogen-bond donors (Lipinski definition) is 3. The van der Waals surface area contributed by atoms with Crippen LogP contribution in [0.2, 0.25) is 0 Å². The van der Waals surface area contributed by atoms with Crippen molar-refractivity contribution in [3.05, 3.63) is 35.2 Å². The highest BCUT2D eigenvalue weighted by molar-refractivity contribution is 5.92. The van der Waals surface area contributed by atoms with Gasteiger partial charge in [0, 0.05) is 50.2 Å². The van der Waals surface area contributed by atoms with Crippen molar-refractivity contribution >= 4 is 17.4 Å². The molecule has 4 rings (SSSR count). The summed E-state index contributed by atoms with van der Waals surface area (Å²) in [7, 11) is 1.55. The summed E-state index contributed by atoms with van der Waals surface area (Å²) in [6, 6.07) is 6.28. The first-order valence-corrected chi connectivity index (χ1v) is 11.6. The second kappa shape index (κ2) is 9.80. The number of piperidine rings is 2. The van der Waals surface area contributed by atoms with Crippen molar-refractivity contribution < 1.29 is 9.59 Å². The maximum atomic E-state index is 12.3. The Balaban J connectivity index is 1.35. The van der Waals surface area contributed by atoms with E-state index in [2.05, 4.69) is 44.9 Å². The standard InChI is InChI=1S/C24H32N6O2/c1-3-16-11-20-21(29-23(16)31)10-15(13-27-20)14-30-8-6-17(7-9-30)18-4-5-19(24(32)26-2)28-22(18)12-25/h4-6,15-16,20-21,27H,3,7-11,13-14H2,1-2H3,(H,26,32)(H,29,31). The topological polar surface area (TPSA) is 110 Å². The Labute approximate surface area is 189 Å². The van der Waals surface area contributed by atoms with Crippen LogP contribution in [0.5, 0.6) is 0 Å². The van der Waals surface area contributed by atoms with E-state index in [0.29, 0.717) is 17.7 Å². The molecular formula is C24H32N6O2. The molecule has 0 spiro atoms. The minimum atomic E-state index is -0.292. The molecule has 0 bridgehead atoms. The minimum absolute atomic E-state index is 0.143. The van der Waals surface area contributed by atoms with Crippen LogP contribution in [-0.2, 0) is 4.79 Å². The molecular weight excluding hydrogens is 404 g/mol. The Hall–Kier alpha value is -2.76. The molecule has 4 unspecified atom stereocenters. The molecule has 0 radical (unpaired) electrons. The van der Waals surface area contributed by atoms with Gasteiger partial charge in [-0.15, -0.1) is 0 Å². The van der Waals surface area contributed by atoms with Gasteiger partial charge < -0.3 is 16.0 Å². The van der Waals surface area contributed by atoms with E-state index < -0.39 is 0 Å². The fraction of sp³-hybridized carbons (Fsp3) is 0.583. The zero-order valence-electron chi connectivity index (χ0n) is 18.9. The summed E-state index contributed by atoms with van der Waals surface area (Å²) >= 11 is 0. The molecule has 8 nitrogen and oxygen atoms in total. The van der Waals surface area contributed by atoms with E-state index in [4.69, 9.17) is 0 Å². The Morgan fingerprint density at radius 3 is 2.88 bits per heavy atom. The fourth-order valence-electron chi connectivity index (χ4n) is 5.22. The Morgan fingerprint density at radius 1 is 1.34 bits per heavy atom. The van der Waals surface area contributed by atoms with Gasteiger partial charge in [0.25, 0.3) is 5.91 Å². The number of aromatic nitrogens is 1. The van der Waals surface area contributed by atoms with Gasteiger partial charge in [-0.2, -0.15) is 5.26 Å². The normalized spacial score (nSPS) is 28.2. The van der Waals surface area contributed by atoms with Crippen molar-refractivity contribution in [2.24, 2.45) is 11.8 Å². The number of nitrogens with one attached hydrogen (secondary N) is 3. The zero-order valence-corrected chi connectivity index (χ0v) is 18.9. The SMILES string of the molecule is CCC1CC2NCC(CN3CC=C(c4ccc(C(=O)NC)nc4C#N)CC3)CC2NC1=O. The van der Waals surface area contributed by atoms with E-state index in [9.17, 15) is 14.9 Å². The number of hydrogen-bond acceptors (Lipinski definition) is 6. The van der Waals surface area contributed by atoms with Crippen LogP contribution in [0.1, 0.15) is 54.4 Å². The molecule has 3 N–H and O–H groups in total. The molecule has 2 amide bonds. The highest BCUT2D eigenvalue weighted by atomic mass is 16.2. The lowest BCUT2D eigenvalue weighted by Gasteiger charge is -2.44. The number of nitriles is 1. The molecule has 0 aliphatic carbocycles. The molecule has 170 valence electrons. The van der Waals surface area contributed by atoms with E-state index >= 15 is 0 Å². The number of carbonyl (C=O) groups excluding carboxylic acids is 2. The zero-order chi connectivity index (χ0) is 22.7. The molecule has 4 heterocycles. The van der Waals surface area contributed by atoms with Crippen LogP contribution in [0.15, 0.2) is 18.2 Å². The van der Waals surface area contributed by atoms with Crippen LogP contribution in [-0.4, -0.2) is 67.0 Å². The van der Waals surface area contributed by atoms with Gasteiger partial charge >= 0.3 is 0 Å². The van der Waals surface area contributed by atoms with E-state index in [-0.39, 0.29) is 29.5 Å². The molecule has 0 aromatic carbocycles. The van der Waals surface area contributed by atoms with Gasteiger partial charge in [-0.05, 0) is 55.9 Å². The average Bonchev–Trinajstić information content (AvgIpc) is 2.83. The summed E-state index contributed by atoms with van der Waals surface area (Å²) in [4.78, 5) is 30.7. The molecule has 3 aliphatic rings. The lowest BCUT2D eigenvalue weighted by Crippen LogP contribution is -2.62. The maximum absolute atomic E-state index is 12.3. The van der Waals surface area contributed by atoms with Crippen molar-refractivity contribution in [3.63, 3.8) is 0 Å². The Kier molecular flexibility index (Phi) is 6.87. The lowest BCUT2D eigenvalue weighted by molar-refractivity contribution is -0.129. The molecule has 32 heavy (non-hydrogen) atoms. The van der Waals surface area contributed by atoms with Crippen LogP contribution in [0, 0.1) is 23.2 Å². The summed E-state index contributed by atoms with van der Waals surface area (Å²) in [5.74, 6) is 0.572. The Bertz CT molecular complexity index is 952. The van der Waals surface area contributed by atoms with E-state index in [0.717, 1.165) is 63.0 Å². The molecule has 2 saturated heterocycles. The van der Waals surface area contributed by atoms with Crippen LogP contribution in [0.4, 0.5) is 0 Å². The maximum Gasteiger partial charge on any atom is 0.269 e. The third-order valence-electron chi connectivity index (χ3n) is 7.09. The fourth-order valence-corrected chi connectivity index (χ4v) is 5.22. The number of pyridine rings is 1. The van der Waals surface area contributed by atoms with Gasteiger partial charge in [0.2, 0.25) is 5.91 Å². The quantitative estimate of drug-likeness (QED) is 0.642. The smallest absolute Gasteiger partial charge is 0.269 e. The van der Waals surface area contributed by atoms with Gasteiger partial charge in [-0.3, -0.25) is 14.5 Å². The lowest BCUT2D eigenvalue weighted by atomic mass is 9.80. The van der Waals surface area contributed by atoms with Crippen molar-refractivity contribution in [3.8, 4) is 6.07 Å². The van der Waals surface area contributed by atoms with Gasteiger partial charge in [-0.1, -0.05) is 13.0 Å². The molecule has 2 fully saturated rings. The second-order valence-electron chi connectivity index (χ2n) is 9.09. The number of fused-ring (bicyclic) bond motifs is 1. The first kappa shape index (κ1) is 22.4. The molecule has 3 aliphatic heterocycles. The predicted octanol–water partition coefficient (Wildman–Crippen LogP) is 1.29. The minimum Gasteiger partial charge on any atom is -0.354 e. The van der Waals surface area contributed by atoms with Gasteiger partial charge in [-0.25, -0.2) is 4.98 Å². The van der Waals surface area contributed by atoms with Crippen LogP contribution in [0.25, 0.3) is 5.57 Å². The van der Waals surface area contributed by atoms with E-state index in [1.54, 1.807) is 13.1 Å². The molecule has 1 aromatic rings. The van der Waals surface area contributed by atoms with Gasteiger partial charge in [0.05, 0.1) is 0 Å². The second-order valence-corrected chi connectivity index (χ2v) is 9.09. The summed E-state index contributed by atoms with van der Waals surface area (Å²) in [5.41, 5.74) is 2.49. The first-order chi connectivity index (χ1) is 15.5. The summed E-state index contributed by atoms with van der Waals surface area (Å²) in [6.07, 6.45) is 5.89. The highest BCUT2D eigenvalue weighted by Crippen LogP contribution is 2.29. The van der Waals surface area contributed by atoms with E-state index in [1.807, 2.05) is 6.07 Å². The van der Waals surface area contributed by atoms with Crippen molar-refractivity contribution in [2.75, 3.05) is 33.2 Å². The monoisotopic (exact) mass is 436 g/mol. The van der Waals surface area contributed by atoms with Crippen LogP contribution >= 0.6 is 0 Å². The Morgan fingerprint density at radius 2 is 2.19 bits per heavy atom. The summed E-state index contributed by atoms with van der Waals surface area (Å²) < 4.78 is 0. The average molecular weight is 437 g/mol. The predicted molar refractivity (Wildman–Crippen MR) is 122 cm³/mol. The van der Waals surface area contributed by atoms with Crippen LogP contribution < -0.4 is 16.0 Å². The number of amides is 2. The number of carbonyl (C=O) groups is 2. The van der Waals surface area contributed by atoms with Crippen molar-refractivity contribution in [1.29, 1.82) is 5.26 Å². The first-order valence-electron chi connectivity index (χ1n) is 11.6. The third-order valence-corrected chi connectivity index (χ3v) is 7.09. The van der Waals surface area contributed by atoms with Gasteiger partial charge in [0.15, 0.2) is 0 Å².